The quantitative estimate of drug-likeness (QED) is 0.674. The lowest BCUT2D eigenvalue weighted by molar-refractivity contribution is -0.136. The number of benzene rings is 2. The third kappa shape index (κ3) is 3.43. The van der Waals surface area contributed by atoms with Crippen LogP contribution in [0.2, 0.25) is 0 Å². The van der Waals surface area contributed by atoms with E-state index in [1.54, 1.807) is 0 Å². The second-order valence-electron chi connectivity index (χ2n) is 4.49. The molecule has 2 rings (SSSR count). The zero-order valence-corrected chi connectivity index (χ0v) is 11.1. The van der Waals surface area contributed by atoms with E-state index >= 15 is 0 Å². The fourth-order valence-electron chi connectivity index (χ4n) is 1.80. The molecular weight excluding hydrogens is 297 g/mol. The van der Waals surface area contributed by atoms with E-state index in [4.69, 9.17) is 5.73 Å². The standard InChI is InChI=1S/C15H11F3N2O2/c16-15(17,18)12-7-11(5-6-13(12)19)20-14(22)10-3-1-9(8-21)2-4-10/h1-8H,19H2,(H,20,22). The molecule has 0 aliphatic carbocycles. The number of nitrogen functional groups attached to an aromatic ring is 1. The molecule has 0 aromatic heterocycles. The second-order valence-corrected chi connectivity index (χ2v) is 4.49. The zero-order valence-electron chi connectivity index (χ0n) is 11.1. The summed E-state index contributed by atoms with van der Waals surface area (Å²) in [5, 5.41) is 2.35. The molecule has 0 aliphatic rings. The van der Waals surface area contributed by atoms with E-state index in [1.807, 2.05) is 0 Å². The molecule has 0 radical (unpaired) electrons. The molecule has 0 atom stereocenters. The van der Waals surface area contributed by atoms with Gasteiger partial charge in [0.05, 0.1) is 5.56 Å². The van der Waals surface area contributed by atoms with Gasteiger partial charge in [-0.3, -0.25) is 9.59 Å². The Hall–Kier alpha value is -2.83. The molecule has 0 unspecified atom stereocenters. The van der Waals surface area contributed by atoms with Gasteiger partial charge in [0.25, 0.3) is 5.91 Å². The van der Waals surface area contributed by atoms with E-state index in [0.717, 1.165) is 12.1 Å². The van der Waals surface area contributed by atoms with Crippen LogP contribution in [0.1, 0.15) is 26.3 Å². The van der Waals surface area contributed by atoms with Crippen LogP contribution in [0.4, 0.5) is 24.5 Å². The summed E-state index contributed by atoms with van der Waals surface area (Å²) >= 11 is 0. The number of hydrogen-bond donors (Lipinski definition) is 2. The maximum atomic E-state index is 12.7. The van der Waals surface area contributed by atoms with Gasteiger partial charge in [0.15, 0.2) is 0 Å². The molecule has 2 aromatic rings. The minimum Gasteiger partial charge on any atom is -0.398 e. The normalized spacial score (nSPS) is 11.0. The average molecular weight is 308 g/mol. The summed E-state index contributed by atoms with van der Waals surface area (Å²) in [4.78, 5) is 22.5. The minimum absolute atomic E-state index is 0.0222. The van der Waals surface area contributed by atoms with E-state index < -0.39 is 23.3 Å². The highest BCUT2D eigenvalue weighted by Gasteiger charge is 2.33. The molecule has 7 heteroatoms. The maximum absolute atomic E-state index is 12.7. The predicted octanol–water partition coefficient (Wildman–Crippen LogP) is 3.35. The number of halogens is 3. The summed E-state index contributed by atoms with van der Waals surface area (Å²) in [6.45, 7) is 0. The van der Waals surface area contributed by atoms with Crippen LogP contribution in [0.15, 0.2) is 42.5 Å². The Kier molecular flexibility index (Phi) is 4.16. The van der Waals surface area contributed by atoms with Gasteiger partial charge in [0.1, 0.15) is 6.29 Å². The van der Waals surface area contributed by atoms with Crippen molar-refractivity contribution in [2.75, 3.05) is 11.1 Å². The fourth-order valence-corrected chi connectivity index (χ4v) is 1.80. The summed E-state index contributed by atoms with van der Waals surface area (Å²) < 4.78 is 38.2. The van der Waals surface area contributed by atoms with E-state index in [2.05, 4.69) is 5.32 Å². The molecule has 0 fully saturated rings. The number of nitrogens with one attached hydrogen (secondary N) is 1. The molecule has 0 bridgehead atoms. The monoisotopic (exact) mass is 308 g/mol. The molecule has 22 heavy (non-hydrogen) atoms. The van der Waals surface area contributed by atoms with Crippen molar-refractivity contribution in [2.24, 2.45) is 0 Å². The number of aldehydes is 1. The van der Waals surface area contributed by atoms with Crippen LogP contribution in [-0.4, -0.2) is 12.2 Å². The van der Waals surface area contributed by atoms with Crippen molar-refractivity contribution >= 4 is 23.6 Å². The number of nitrogens with two attached hydrogens (primary N) is 1. The van der Waals surface area contributed by atoms with Gasteiger partial charge in [-0.05, 0) is 30.3 Å². The van der Waals surface area contributed by atoms with Crippen molar-refractivity contribution in [3.05, 3.63) is 59.2 Å². The van der Waals surface area contributed by atoms with E-state index in [-0.39, 0.29) is 11.3 Å². The van der Waals surface area contributed by atoms with Crippen molar-refractivity contribution in [1.82, 2.24) is 0 Å². The fraction of sp³-hybridized carbons (Fsp3) is 0.0667. The predicted molar refractivity (Wildman–Crippen MR) is 75.6 cm³/mol. The lowest BCUT2D eigenvalue weighted by Crippen LogP contribution is -2.14. The smallest absolute Gasteiger partial charge is 0.398 e. The molecule has 2 aromatic carbocycles. The van der Waals surface area contributed by atoms with Crippen LogP contribution in [0.5, 0.6) is 0 Å². The summed E-state index contributed by atoms with van der Waals surface area (Å²) in [5.74, 6) is -0.588. The summed E-state index contributed by atoms with van der Waals surface area (Å²) in [7, 11) is 0. The van der Waals surface area contributed by atoms with Crippen molar-refractivity contribution in [1.29, 1.82) is 0 Å². The summed E-state index contributed by atoms with van der Waals surface area (Å²) in [6.07, 6.45) is -3.98. The van der Waals surface area contributed by atoms with Gasteiger partial charge in [-0.15, -0.1) is 0 Å². The maximum Gasteiger partial charge on any atom is 0.418 e. The first kappa shape index (κ1) is 15.6. The van der Waals surface area contributed by atoms with Gasteiger partial charge in [-0.25, -0.2) is 0 Å². The molecule has 4 nitrogen and oxygen atoms in total. The molecule has 0 aliphatic heterocycles. The van der Waals surface area contributed by atoms with Crippen LogP contribution in [0, 0.1) is 0 Å². The third-order valence-corrected chi connectivity index (χ3v) is 2.93. The molecule has 3 N–H and O–H groups in total. The second kappa shape index (κ2) is 5.88. The first-order valence-electron chi connectivity index (χ1n) is 6.14. The van der Waals surface area contributed by atoms with E-state index in [0.29, 0.717) is 11.8 Å². The molecule has 1 amide bonds. The molecule has 0 saturated carbocycles. The van der Waals surface area contributed by atoms with Crippen LogP contribution in [0.3, 0.4) is 0 Å². The molecule has 0 saturated heterocycles. The minimum atomic E-state index is -4.60. The Bertz CT molecular complexity index is 710. The average Bonchev–Trinajstić information content (AvgIpc) is 2.48. The van der Waals surface area contributed by atoms with E-state index in [1.165, 1.54) is 30.3 Å². The summed E-state index contributed by atoms with van der Waals surface area (Å²) in [5.41, 5.74) is 4.44. The van der Waals surface area contributed by atoms with Crippen molar-refractivity contribution in [3.63, 3.8) is 0 Å². The van der Waals surface area contributed by atoms with Gasteiger partial charge in [-0.1, -0.05) is 12.1 Å². The van der Waals surface area contributed by atoms with Gasteiger partial charge >= 0.3 is 6.18 Å². The first-order valence-corrected chi connectivity index (χ1v) is 6.14. The van der Waals surface area contributed by atoms with Crippen LogP contribution >= 0.6 is 0 Å². The molecule has 0 spiro atoms. The highest BCUT2D eigenvalue weighted by Crippen LogP contribution is 2.35. The molecule has 0 heterocycles. The zero-order chi connectivity index (χ0) is 16.3. The van der Waals surface area contributed by atoms with Crippen LogP contribution in [-0.2, 0) is 6.18 Å². The number of anilines is 2. The number of carbonyl (C=O) groups excluding carboxylic acids is 2. The van der Waals surface area contributed by atoms with Crippen LogP contribution in [0.25, 0.3) is 0 Å². The van der Waals surface area contributed by atoms with Gasteiger partial charge in [-0.2, -0.15) is 13.2 Å². The van der Waals surface area contributed by atoms with E-state index in [9.17, 15) is 22.8 Å². The third-order valence-electron chi connectivity index (χ3n) is 2.93. The van der Waals surface area contributed by atoms with Crippen LogP contribution < -0.4 is 11.1 Å². The topological polar surface area (TPSA) is 72.2 Å². The number of amides is 1. The lowest BCUT2D eigenvalue weighted by Gasteiger charge is -2.12. The number of alkyl halides is 3. The Balaban J connectivity index is 2.22. The van der Waals surface area contributed by atoms with Gasteiger partial charge < -0.3 is 11.1 Å². The Morgan fingerprint density at radius 3 is 2.27 bits per heavy atom. The Morgan fingerprint density at radius 1 is 1.09 bits per heavy atom. The first-order chi connectivity index (χ1) is 10.3. The Labute approximate surface area is 123 Å². The highest BCUT2D eigenvalue weighted by molar-refractivity contribution is 6.04. The largest absolute Gasteiger partial charge is 0.418 e. The van der Waals surface area contributed by atoms with Crippen molar-refractivity contribution in [3.8, 4) is 0 Å². The SMILES string of the molecule is Nc1ccc(NC(=O)c2ccc(C=O)cc2)cc1C(F)(F)F. The number of hydrogen-bond acceptors (Lipinski definition) is 3. The molecular formula is C15H11F3N2O2. The van der Waals surface area contributed by atoms with Crippen molar-refractivity contribution < 1.29 is 22.8 Å². The Morgan fingerprint density at radius 2 is 1.73 bits per heavy atom. The van der Waals surface area contributed by atoms with Gasteiger partial charge in [0.2, 0.25) is 0 Å². The lowest BCUT2D eigenvalue weighted by atomic mass is 10.1. The van der Waals surface area contributed by atoms with Gasteiger partial charge in [0, 0.05) is 22.5 Å². The molecule has 114 valence electrons. The number of carbonyl (C=O) groups is 2. The number of rotatable bonds is 3. The summed E-state index contributed by atoms with van der Waals surface area (Å²) in [6, 6.07) is 8.81. The van der Waals surface area contributed by atoms with Crippen molar-refractivity contribution in [2.45, 2.75) is 6.18 Å². The highest BCUT2D eigenvalue weighted by atomic mass is 19.4.